The third kappa shape index (κ3) is 4.99. The molecular weight excluding hydrogens is 443 g/mol. The van der Waals surface area contributed by atoms with E-state index < -0.39 is 29.3 Å². The number of nitrogens with zero attached hydrogens (tertiary/aromatic N) is 2. The molecule has 3 rings (SSSR count). The van der Waals surface area contributed by atoms with Crippen LogP contribution in [-0.2, 0) is 9.59 Å². The minimum absolute atomic E-state index is 0.0165. The van der Waals surface area contributed by atoms with Gasteiger partial charge in [-0.2, -0.15) is 0 Å². The monoisotopic (exact) mass is 472 g/mol. The molecule has 1 heterocycles. The summed E-state index contributed by atoms with van der Waals surface area (Å²) in [6.45, 7) is 2.99. The van der Waals surface area contributed by atoms with Crippen molar-refractivity contribution in [2.24, 2.45) is 0 Å². The van der Waals surface area contributed by atoms with Gasteiger partial charge in [0, 0.05) is 12.1 Å². The van der Waals surface area contributed by atoms with Crippen LogP contribution in [0.3, 0.4) is 0 Å². The van der Waals surface area contributed by atoms with E-state index in [0.29, 0.717) is 25.1 Å². The lowest BCUT2D eigenvalue weighted by Crippen LogP contribution is -2.32. The summed E-state index contributed by atoms with van der Waals surface area (Å²) in [5, 5.41) is 21.2. The van der Waals surface area contributed by atoms with Crippen LogP contribution in [0, 0.1) is 5.82 Å². The predicted octanol–water partition coefficient (Wildman–Crippen LogP) is 3.31. The van der Waals surface area contributed by atoms with Gasteiger partial charge in [-0.25, -0.2) is 4.39 Å². The molecule has 182 valence electrons. The maximum atomic E-state index is 14.3. The third-order valence-corrected chi connectivity index (χ3v) is 5.57. The second-order valence-electron chi connectivity index (χ2n) is 8.16. The molecule has 0 aromatic heterocycles. The van der Waals surface area contributed by atoms with Gasteiger partial charge in [0.15, 0.2) is 23.1 Å². The van der Waals surface area contributed by atoms with Crippen LogP contribution < -0.4 is 9.47 Å². The number of Topliss-reactive ketones (excluding diaryl/α,β-unsaturated/α-hetero) is 1. The highest BCUT2D eigenvalue weighted by Crippen LogP contribution is 2.42. The zero-order valence-electron chi connectivity index (χ0n) is 19.7. The molecule has 1 aliphatic rings. The topological polar surface area (TPSA) is 99.5 Å². The number of ketones is 1. The molecule has 1 saturated heterocycles. The summed E-state index contributed by atoms with van der Waals surface area (Å²) in [5.74, 6) is -2.75. The van der Waals surface area contributed by atoms with E-state index in [1.165, 1.54) is 36.3 Å². The van der Waals surface area contributed by atoms with Crippen molar-refractivity contribution in [2.75, 3.05) is 40.9 Å². The molecule has 0 aliphatic carbocycles. The molecular formula is C25H29FN2O6. The number of aliphatic hydroxyl groups excluding tert-OH is 1. The minimum Gasteiger partial charge on any atom is -0.507 e. The van der Waals surface area contributed by atoms with Crippen molar-refractivity contribution in [3.63, 3.8) is 0 Å². The Labute approximate surface area is 197 Å². The summed E-state index contributed by atoms with van der Waals surface area (Å²) >= 11 is 0. The zero-order chi connectivity index (χ0) is 25.0. The Bertz CT molecular complexity index is 1110. The van der Waals surface area contributed by atoms with Crippen LogP contribution in [-0.4, -0.2) is 72.6 Å². The van der Waals surface area contributed by atoms with Gasteiger partial charge >= 0.3 is 0 Å². The van der Waals surface area contributed by atoms with Gasteiger partial charge in [-0.3, -0.25) is 9.59 Å². The first-order valence-corrected chi connectivity index (χ1v) is 10.9. The second-order valence-corrected chi connectivity index (χ2v) is 8.16. The van der Waals surface area contributed by atoms with Gasteiger partial charge in [0.25, 0.3) is 11.7 Å². The summed E-state index contributed by atoms with van der Waals surface area (Å²) in [7, 11) is 5.12. The molecule has 8 nitrogen and oxygen atoms in total. The molecule has 2 aromatic carbocycles. The number of phenols is 1. The van der Waals surface area contributed by atoms with Crippen LogP contribution in [0.2, 0.25) is 0 Å². The SMILES string of the molecule is CCOc1cc(C2/C(=C(\O)c3ccc(OC)c(F)c3)C(=O)C(=O)N2CCCN(C)C)ccc1O. The number of phenolic OH excluding ortho intramolecular Hbond substituents is 1. The lowest BCUT2D eigenvalue weighted by atomic mass is 9.95. The number of amides is 1. The quantitative estimate of drug-likeness (QED) is 0.328. The molecule has 0 bridgehead atoms. The fraction of sp³-hybridized carbons (Fsp3) is 0.360. The number of benzene rings is 2. The van der Waals surface area contributed by atoms with Crippen LogP contribution in [0.5, 0.6) is 17.2 Å². The first kappa shape index (κ1) is 25.0. The standard InChI is InChI=1S/C25H29FN2O6/c1-5-34-20-14-15(7-9-18(20)29)22-21(23(30)16-8-10-19(33-4)17(26)13-16)24(31)25(32)28(22)12-6-11-27(2)3/h7-10,13-14,22,29-30H,5-6,11-12H2,1-4H3/b23-21+. The Morgan fingerprint density at radius 2 is 1.88 bits per heavy atom. The normalized spacial score (nSPS) is 17.5. The average molecular weight is 473 g/mol. The first-order valence-electron chi connectivity index (χ1n) is 10.9. The number of ether oxygens (including phenoxy) is 2. The van der Waals surface area contributed by atoms with Crippen molar-refractivity contribution in [1.82, 2.24) is 9.80 Å². The maximum absolute atomic E-state index is 14.3. The van der Waals surface area contributed by atoms with E-state index in [0.717, 1.165) is 6.07 Å². The minimum atomic E-state index is -0.938. The van der Waals surface area contributed by atoms with Crippen molar-refractivity contribution in [3.8, 4) is 17.2 Å². The van der Waals surface area contributed by atoms with E-state index in [9.17, 15) is 24.2 Å². The number of methoxy groups -OCH3 is 1. The summed E-state index contributed by atoms with van der Waals surface area (Å²) in [4.78, 5) is 29.4. The van der Waals surface area contributed by atoms with Crippen LogP contribution in [0.1, 0.15) is 30.5 Å². The molecule has 1 aliphatic heterocycles. The number of aliphatic hydroxyl groups is 1. The number of hydrogen-bond donors (Lipinski definition) is 2. The Kier molecular flexibility index (Phi) is 7.78. The number of carbonyl (C=O) groups excluding carboxylic acids is 2. The number of rotatable bonds is 9. The number of carbonyl (C=O) groups is 2. The highest BCUT2D eigenvalue weighted by Gasteiger charge is 2.46. The van der Waals surface area contributed by atoms with E-state index in [1.54, 1.807) is 13.0 Å². The summed E-state index contributed by atoms with van der Waals surface area (Å²) in [5.41, 5.74) is 0.354. The predicted molar refractivity (Wildman–Crippen MR) is 124 cm³/mol. The number of hydrogen-bond acceptors (Lipinski definition) is 7. The number of halogens is 1. The van der Waals surface area contributed by atoms with E-state index in [1.807, 2.05) is 19.0 Å². The first-order chi connectivity index (χ1) is 16.2. The Morgan fingerprint density at radius 3 is 2.50 bits per heavy atom. The van der Waals surface area contributed by atoms with Crippen molar-refractivity contribution < 1.29 is 33.7 Å². The molecule has 0 spiro atoms. The molecule has 9 heteroatoms. The van der Waals surface area contributed by atoms with E-state index >= 15 is 0 Å². The van der Waals surface area contributed by atoms with Crippen LogP contribution in [0.25, 0.3) is 5.76 Å². The largest absolute Gasteiger partial charge is 0.507 e. The fourth-order valence-corrected chi connectivity index (χ4v) is 3.96. The lowest BCUT2D eigenvalue weighted by molar-refractivity contribution is -0.139. The van der Waals surface area contributed by atoms with Gasteiger partial charge in [0.2, 0.25) is 0 Å². The molecule has 2 N–H and O–H groups in total. The number of likely N-dealkylation sites (tertiary alicyclic amines) is 1. The van der Waals surface area contributed by atoms with Gasteiger partial charge in [-0.1, -0.05) is 6.07 Å². The second kappa shape index (κ2) is 10.6. The van der Waals surface area contributed by atoms with E-state index in [4.69, 9.17) is 9.47 Å². The van der Waals surface area contributed by atoms with E-state index in [-0.39, 0.29) is 34.9 Å². The van der Waals surface area contributed by atoms with Gasteiger partial charge < -0.3 is 29.5 Å². The van der Waals surface area contributed by atoms with Gasteiger partial charge in [0.1, 0.15) is 5.76 Å². The molecule has 1 unspecified atom stereocenters. The molecule has 34 heavy (non-hydrogen) atoms. The highest BCUT2D eigenvalue weighted by molar-refractivity contribution is 6.46. The van der Waals surface area contributed by atoms with Crippen molar-refractivity contribution >= 4 is 17.4 Å². The van der Waals surface area contributed by atoms with Crippen molar-refractivity contribution in [3.05, 3.63) is 58.9 Å². The van der Waals surface area contributed by atoms with Crippen LogP contribution >= 0.6 is 0 Å². The summed E-state index contributed by atoms with van der Waals surface area (Å²) in [6.07, 6.45) is 0.587. The molecule has 1 fully saturated rings. The molecule has 1 atom stereocenters. The van der Waals surface area contributed by atoms with Gasteiger partial charge in [-0.05, 0) is 69.9 Å². The Hall–Kier alpha value is -3.59. The smallest absolute Gasteiger partial charge is 0.295 e. The third-order valence-electron chi connectivity index (χ3n) is 5.57. The Balaban J connectivity index is 2.15. The van der Waals surface area contributed by atoms with E-state index in [2.05, 4.69) is 0 Å². The van der Waals surface area contributed by atoms with Crippen LogP contribution in [0.15, 0.2) is 42.0 Å². The van der Waals surface area contributed by atoms with Crippen molar-refractivity contribution in [2.45, 2.75) is 19.4 Å². The molecule has 1 amide bonds. The highest BCUT2D eigenvalue weighted by atomic mass is 19.1. The summed E-state index contributed by atoms with van der Waals surface area (Å²) < 4.78 is 24.7. The zero-order valence-corrected chi connectivity index (χ0v) is 19.7. The maximum Gasteiger partial charge on any atom is 0.295 e. The Morgan fingerprint density at radius 1 is 1.15 bits per heavy atom. The molecule has 2 aromatic rings. The molecule has 0 saturated carbocycles. The van der Waals surface area contributed by atoms with Gasteiger partial charge in [-0.15, -0.1) is 0 Å². The average Bonchev–Trinajstić information content (AvgIpc) is 3.05. The fourth-order valence-electron chi connectivity index (χ4n) is 3.96. The summed E-state index contributed by atoms with van der Waals surface area (Å²) in [6, 6.07) is 7.37. The molecule has 0 radical (unpaired) electrons. The van der Waals surface area contributed by atoms with Gasteiger partial charge in [0.05, 0.1) is 25.3 Å². The lowest BCUT2D eigenvalue weighted by Gasteiger charge is -2.26. The number of aromatic hydroxyl groups is 1. The van der Waals surface area contributed by atoms with Crippen molar-refractivity contribution in [1.29, 1.82) is 0 Å². The van der Waals surface area contributed by atoms with Crippen LogP contribution in [0.4, 0.5) is 4.39 Å².